The number of amides is 2. The molecule has 9 aromatic carbocycles. The molecule has 66 heavy (non-hydrogen) atoms. The summed E-state index contributed by atoms with van der Waals surface area (Å²) in [5.41, 5.74) is 16.3. The van der Waals surface area contributed by atoms with Crippen molar-refractivity contribution in [2.45, 2.75) is 55.4 Å². The number of anilines is 2. The van der Waals surface area contributed by atoms with E-state index >= 15 is 0 Å². The molecule has 0 unspecified atom stereocenters. The number of benzene rings is 9. The summed E-state index contributed by atoms with van der Waals surface area (Å²) in [6, 6.07) is 43.0. The third-order valence-electron chi connectivity index (χ3n) is 12.9. The Labute approximate surface area is 381 Å². The molecule has 0 aliphatic carbocycles. The van der Waals surface area contributed by atoms with Crippen LogP contribution in [0.15, 0.2) is 130 Å². The lowest BCUT2D eigenvalue weighted by Crippen LogP contribution is -2.13. The first kappa shape index (κ1) is 40.7. The van der Waals surface area contributed by atoms with Gasteiger partial charge in [0.1, 0.15) is 11.0 Å². The van der Waals surface area contributed by atoms with Gasteiger partial charge in [0.25, 0.3) is 17.7 Å². The average Bonchev–Trinajstić information content (AvgIpc) is 3.90. The highest BCUT2D eigenvalue weighted by molar-refractivity contribution is 6.22. The number of rotatable bonds is 6. The van der Waals surface area contributed by atoms with Crippen LogP contribution < -0.4 is 10.6 Å². The van der Waals surface area contributed by atoms with Crippen molar-refractivity contribution in [3.63, 3.8) is 0 Å². The normalized spacial score (nSPS) is 11.8. The minimum Gasteiger partial charge on any atom is -0.432 e. The van der Waals surface area contributed by atoms with Crippen molar-refractivity contribution in [1.82, 2.24) is 9.97 Å². The smallest absolute Gasteiger partial charge is 0.284 e. The summed E-state index contributed by atoms with van der Waals surface area (Å²) in [4.78, 5) is 35.1. The van der Waals surface area contributed by atoms with Gasteiger partial charge >= 0.3 is 0 Å². The van der Waals surface area contributed by atoms with E-state index in [9.17, 15) is 9.59 Å². The summed E-state index contributed by atoms with van der Waals surface area (Å²) < 4.78 is 12.2. The second kappa shape index (κ2) is 15.3. The van der Waals surface area contributed by atoms with Gasteiger partial charge in [-0.05, 0) is 166 Å². The molecular weight excluding hydrogens is 817 g/mol. The third kappa shape index (κ3) is 6.93. The van der Waals surface area contributed by atoms with Gasteiger partial charge in [-0.3, -0.25) is 9.59 Å². The summed E-state index contributed by atoms with van der Waals surface area (Å²) in [5, 5.41) is 15.3. The van der Waals surface area contributed by atoms with Crippen LogP contribution in [0.1, 0.15) is 56.2 Å². The molecule has 0 saturated carbocycles. The van der Waals surface area contributed by atoms with E-state index in [4.69, 9.17) is 13.8 Å². The van der Waals surface area contributed by atoms with Crippen LogP contribution in [0.5, 0.6) is 0 Å². The first-order valence-electron chi connectivity index (χ1n) is 22.2. The molecular formula is C58H46N4O4. The van der Waals surface area contributed by atoms with E-state index in [1.807, 2.05) is 39.0 Å². The number of aryl methyl sites for hydroxylation is 7. The number of hydrogen-bond donors (Lipinski definition) is 2. The second-order valence-electron chi connectivity index (χ2n) is 18.0. The van der Waals surface area contributed by atoms with Gasteiger partial charge in [-0.2, -0.15) is 0 Å². The molecule has 11 aromatic rings. The Hall–Kier alpha value is -8.10. The molecule has 8 nitrogen and oxygen atoms in total. The third-order valence-corrected chi connectivity index (χ3v) is 12.9. The van der Waals surface area contributed by atoms with Gasteiger partial charge in [-0.15, -0.1) is 0 Å². The average molecular weight is 863 g/mol. The monoisotopic (exact) mass is 862 g/mol. The van der Waals surface area contributed by atoms with E-state index in [1.54, 1.807) is 12.1 Å². The second-order valence-corrected chi connectivity index (χ2v) is 18.0. The largest absolute Gasteiger partial charge is 0.432 e. The fraction of sp³-hybridized carbons (Fsp3) is 0.138. The fourth-order valence-electron chi connectivity index (χ4n) is 9.90. The number of nitrogens with one attached hydrogen (secondary N) is 2. The van der Waals surface area contributed by atoms with Crippen molar-refractivity contribution in [2.24, 2.45) is 0 Å². The number of carbonyl (C=O) groups excluding carboxylic acids is 2. The van der Waals surface area contributed by atoms with Gasteiger partial charge in [0.15, 0.2) is 11.2 Å². The zero-order chi connectivity index (χ0) is 45.7. The molecule has 0 spiro atoms. The molecule has 0 bridgehead atoms. The molecule has 0 atom stereocenters. The quantitative estimate of drug-likeness (QED) is 0.161. The van der Waals surface area contributed by atoms with E-state index < -0.39 is 0 Å². The molecule has 2 heterocycles. The number of oxazole rings is 2. The molecule has 0 radical (unpaired) electrons. The number of hydrogen-bond acceptors (Lipinski definition) is 6. The Morgan fingerprint density at radius 1 is 0.439 bits per heavy atom. The Bertz CT molecular complexity index is 3910. The molecule has 2 aromatic heterocycles. The zero-order valence-corrected chi connectivity index (χ0v) is 38.1. The van der Waals surface area contributed by atoms with Crippen LogP contribution in [0, 0.1) is 48.5 Å². The van der Waals surface area contributed by atoms with Gasteiger partial charge in [0.2, 0.25) is 5.91 Å². The molecule has 2 amide bonds. The van der Waals surface area contributed by atoms with E-state index in [2.05, 4.69) is 134 Å². The predicted octanol–water partition coefficient (Wildman–Crippen LogP) is 15.0. The zero-order valence-electron chi connectivity index (χ0n) is 38.1. The van der Waals surface area contributed by atoms with Crippen LogP contribution in [0.25, 0.3) is 99.3 Å². The number of carbonyl (C=O) groups is 2. The first-order valence-corrected chi connectivity index (χ1v) is 22.2. The lowest BCUT2D eigenvalue weighted by atomic mass is 9.84. The summed E-state index contributed by atoms with van der Waals surface area (Å²) in [6.07, 6.45) is 0. The van der Waals surface area contributed by atoms with Crippen molar-refractivity contribution in [2.75, 3.05) is 10.6 Å². The summed E-state index contributed by atoms with van der Waals surface area (Å²) >= 11 is 0. The highest BCUT2D eigenvalue weighted by Crippen LogP contribution is 2.46. The van der Waals surface area contributed by atoms with Gasteiger partial charge < -0.3 is 19.5 Å². The maximum absolute atomic E-state index is 14.1. The molecule has 2 N–H and O–H groups in total. The van der Waals surface area contributed by atoms with E-state index in [0.29, 0.717) is 39.1 Å². The highest BCUT2D eigenvalue weighted by atomic mass is 16.4. The van der Waals surface area contributed by atoms with Crippen LogP contribution in [0.2, 0.25) is 0 Å². The van der Waals surface area contributed by atoms with Crippen molar-refractivity contribution in [1.29, 1.82) is 0 Å². The van der Waals surface area contributed by atoms with Crippen molar-refractivity contribution >= 4 is 88.5 Å². The maximum Gasteiger partial charge on any atom is 0.284 e. The van der Waals surface area contributed by atoms with Crippen molar-refractivity contribution in [3.8, 4) is 34.0 Å². The minimum absolute atomic E-state index is 0.177. The van der Waals surface area contributed by atoms with Crippen LogP contribution in [0.3, 0.4) is 0 Å². The van der Waals surface area contributed by atoms with Crippen LogP contribution in [-0.4, -0.2) is 21.8 Å². The van der Waals surface area contributed by atoms with Crippen LogP contribution >= 0.6 is 0 Å². The lowest BCUT2D eigenvalue weighted by Gasteiger charge is -2.20. The number of aromatic nitrogens is 2. The Morgan fingerprint density at radius 2 is 1.00 bits per heavy atom. The van der Waals surface area contributed by atoms with Crippen molar-refractivity contribution in [3.05, 3.63) is 166 Å². The standard InChI is InChI=1S/C58H46N4O4/c1-29-10-16-45-48(19-29)52(44-15-9-30(2)20-49(44)53(45)40-14-12-38-18-31(3)17-32(4)46(38)26-40)39-13-11-37-25-47(33(5)21-41(37)24-39)56(64)60-43-23-35(7)55-51(28-43)66-58(62-55)57-61-54-34(6)22-42(59-36(8)63)27-50(54)65-57/h9-28H,1-8H3,(H,59,63)(H,60,64). The van der Waals surface area contributed by atoms with E-state index in [1.165, 1.54) is 78.2 Å². The summed E-state index contributed by atoms with van der Waals surface area (Å²) in [5.74, 6) is 0.0392. The summed E-state index contributed by atoms with van der Waals surface area (Å²) in [7, 11) is 0. The minimum atomic E-state index is -0.223. The Balaban J connectivity index is 0.942. The summed E-state index contributed by atoms with van der Waals surface area (Å²) in [6.45, 7) is 16.0. The lowest BCUT2D eigenvalue weighted by molar-refractivity contribution is -0.114. The SMILES string of the molecule is CC(=O)Nc1cc(C)c2nc(-c3nc4c(C)cc(NC(=O)c5cc6ccc(-c7c8ccc(C)cc8c(-c8ccc9cc(C)cc(C)c9c8)c8ccc(C)cc78)cc6cc5C)cc4o3)oc2c1. The Morgan fingerprint density at radius 3 is 1.59 bits per heavy atom. The topological polar surface area (TPSA) is 110 Å². The number of fused-ring (bicyclic) bond motifs is 6. The van der Waals surface area contributed by atoms with Gasteiger partial charge in [-0.1, -0.05) is 95.6 Å². The van der Waals surface area contributed by atoms with Gasteiger partial charge in [0, 0.05) is 36.0 Å². The molecule has 11 rings (SSSR count). The van der Waals surface area contributed by atoms with Crippen LogP contribution in [0.4, 0.5) is 11.4 Å². The van der Waals surface area contributed by atoms with E-state index in [-0.39, 0.29) is 23.6 Å². The molecule has 0 aliphatic rings. The molecule has 0 saturated heterocycles. The first-order chi connectivity index (χ1) is 31.7. The maximum atomic E-state index is 14.1. The van der Waals surface area contributed by atoms with Crippen LogP contribution in [-0.2, 0) is 4.79 Å². The number of nitrogens with zero attached hydrogens (tertiary/aromatic N) is 2. The molecule has 8 heteroatoms. The molecule has 0 fully saturated rings. The van der Waals surface area contributed by atoms with E-state index in [0.717, 1.165) is 33.0 Å². The van der Waals surface area contributed by atoms with Crippen molar-refractivity contribution < 1.29 is 18.4 Å². The highest BCUT2D eigenvalue weighted by Gasteiger charge is 2.22. The predicted molar refractivity (Wildman–Crippen MR) is 270 cm³/mol. The Kier molecular flexibility index (Phi) is 9.41. The van der Waals surface area contributed by atoms with Gasteiger partial charge in [0.05, 0.1) is 0 Å². The molecule has 0 aliphatic heterocycles. The van der Waals surface area contributed by atoms with Gasteiger partial charge in [-0.25, -0.2) is 9.97 Å². The molecule has 322 valence electrons. The fourth-order valence-corrected chi connectivity index (χ4v) is 9.90.